The molecule has 0 saturated heterocycles. The fraction of sp³-hybridized carbons (Fsp3) is 0.0526. The summed E-state index contributed by atoms with van der Waals surface area (Å²) < 4.78 is 5.22. The third kappa shape index (κ3) is 5.32. The van der Waals surface area contributed by atoms with Crippen molar-refractivity contribution in [2.24, 2.45) is 5.10 Å². The van der Waals surface area contributed by atoms with Gasteiger partial charge in [0, 0.05) is 23.9 Å². The van der Waals surface area contributed by atoms with Crippen LogP contribution in [0.3, 0.4) is 0 Å². The number of nitrogens with one attached hydrogen (secondary N) is 2. The van der Waals surface area contributed by atoms with Gasteiger partial charge in [-0.2, -0.15) is 5.10 Å². The van der Waals surface area contributed by atoms with Gasteiger partial charge in [0.05, 0.1) is 16.7 Å². The molecule has 146 valence electrons. The Morgan fingerprint density at radius 1 is 1.24 bits per heavy atom. The molecule has 1 aromatic heterocycles. The number of carbonyl (C=O) groups is 1. The van der Waals surface area contributed by atoms with Gasteiger partial charge in [0.2, 0.25) is 5.95 Å². The van der Waals surface area contributed by atoms with Gasteiger partial charge in [0.15, 0.2) is 0 Å². The molecule has 3 aromatic rings. The van der Waals surface area contributed by atoms with Crippen molar-refractivity contribution < 1.29 is 14.5 Å². The van der Waals surface area contributed by atoms with Crippen molar-refractivity contribution in [1.29, 1.82) is 0 Å². The van der Waals surface area contributed by atoms with Gasteiger partial charge in [0.1, 0.15) is 5.75 Å². The first-order valence-corrected chi connectivity index (χ1v) is 8.34. The van der Waals surface area contributed by atoms with Crippen molar-refractivity contribution in [2.45, 2.75) is 6.92 Å². The summed E-state index contributed by atoms with van der Waals surface area (Å²) in [6.45, 7) is 1.69. The Labute approximate surface area is 164 Å². The van der Waals surface area contributed by atoms with Crippen LogP contribution in [0.2, 0.25) is 0 Å². The van der Waals surface area contributed by atoms with Crippen molar-refractivity contribution >= 4 is 23.8 Å². The van der Waals surface area contributed by atoms with Gasteiger partial charge in [-0.05, 0) is 42.8 Å². The summed E-state index contributed by atoms with van der Waals surface area (Å²) in [6, 6.07) is 13.1. The van der Waals surface area contributed by atoms with Crippen LogP contribution in [-0.2, 0) is 0 Å². The van der Waals surface area contributed by atoms with Crippen LogP contribution in [0, 0.1) is 17.0 Å². The zero-order chi connectivity index (χ0) is 20.8. The van der Waals surface area contributed by atoms with E-state index in [-0.39, 0.29) is 28.5 Å². The summed E-state index contributed by atoms with van der Waals surface area (Å²) in [5.41, 5.74) is 3.47. The highest BCUT2D eigenvalue weighted by Gasteiger charge is 2.13. The van der Waals surface area contributed by atoms with Crippen LogP contribution < -0.4 is 15.7 Å². The van der Waals surface area contributed by atoms with Gasteiger partial charge in [0.25, 0.3) is 11.2 Å². The van der Waals surface area contributed by atoms with Gasteiger partial charge in [-0.15, -0.1) is 0 Å². The number of hydrazone groups is 1. The van der Waals surface area contributed by atoms with E-state index in [1.54, 1.807) is 31.2 Å². The monoisotopic (exact) mass is 393 g/mol. The summed E-state index contributed by atoms with van der Waals surface area (Å²) in [5, 5.41) is 14.8. The average molecular weight is 393 g/mol. The number of aromatic amines is 1. The maximum atomic E-state index is 12.1. The molecule has 0 aliphatic heterocycles. The molecule has 0 atom stereocenters. The first-order chi connectivity index (χ1) is 13.9. The van der Waals surface area contributed by atoms with E-state index < -0.39 is 10.9 Å². The van der Waals surface area contributed by atoms with Crippen LogP contribution in [0.1, 0.15) is 21.6 Å². The summed E-state index contributed by atoms with van der Waals surface area (Å²) in [6.07, 6.45) is 1.49. The van der Waals surface area contributed by atoms with E-state index in [9.17, 15) is 19.7 Å². The van der Waals surface area contributed by atoms with Crippen molar-refractivity contribution in [3.63, 3.8) is 0 Å². The molecular formula is C19H15N5O5. The number of H-pyrrole nitrogens is 1. The molecule has 2 aromatic carbocycles. The largest absolute Gasteiger partial charge is 0.423 e. The van der Waals surface area contributed by atoms with Crippen molar-refractivity contribution in [3.05, 3.63) is 91.9 Å². The molecule has 0 spiro atoms. The lowest BCUT2D eigenvalue weighted by Gasteiger charge is -2.04. The molecule has 2 N–H and O–H groups in total. The van der Waals surface area contributed by atoms with Gasteiger partial charge in [-0.1, -0.05) is 6.07 Å². The molecule has 10 heteroatoms. The predicted octanol–water partition coefficient (Wildman–Crippen LogP) is 2.65. The van der Waals surface area contributed by atoms with Crippen LogP contribution in [0.15, 0.2) is 64.5 Å². The number of hydrogen-bond acceptors (Lipinski definition) is 8. The molecule has 1 heterocycles. The number of aromatic nitrogens is 2. The molecule has 0 radical (unpaired) electrons. The van der Waals surface area contributed by atoms with Gasteiger partial charge >= 0.3 is 5.97 Å². The van der Waals surface area contributed by atoms with Gasteiger partial charge < -0.3 is 4.74 Å². The molecule has 10 nitrogen and oxygen atoms in total. The number of nitrogens with zero attached hydrogens (tertiary/aromatic N) is 3. The fourth-order valence-electron chi connectivity index (χ4n) is 2.33. The average Bonchev–Trinajstić information content (AvgIpc) is 2.68. The van der Waals surface area contributed by atoms with Crippen molar-refractivity contribution in [2.75, 3.05) is 5.43 Å². The van der Waals surface area contributed by atoms with Crippen LogP contribution in [0.4, 0.5) is 11.6 Å². The third-order valence-corrected chi connectivity index (χ3v) is 3.64. The van der Waals surface area contributed by atoms with Crippen molar-refractivity contribution in [3.8, 4) is 5.75 Å². The summed E-state index contributed by atoms with van der Waals surface area (Å²) in [7, 11) is 0. The molecule has 0 fully saturated rings. The first kappa shape index (κ1) is 19.4. The number of anilines is 1. The maximum Gasteiger partial charge on any atom is 0.343 e. The lowest BCUT2D eigenvalue weighted by molar-refractivity contribution is -0.384. The number of hydrogen-bond donors (Lipinski definition) is 2. The third-order valence-electron chi connectivity index (χ3n) is 3.64. The zero-order valence-corrected chi connectivity index (χ0v) is 15.2. The minimum Gasteiger partial charge on any atom is -0.423 e. The zero-order valence-electron chi connectivity index (χ0n) is 15.2. The van der Waals surface area contributed by atoms with Crippen LogP contribution in [-0.4, -0.2) is 27.1 Å². The van der Waals surface area contributed by atoms with Gasteiger partial charge in [-0.3, -0.25) is 19.9 Å². The Bertz CT molecular complexity index is 1140. The molecule has 0 bridgehead atoms. The summed E-state index contributed by atoms with van der Waals surface area (Å²) >= 11 is 0. The number of esters is 1. The molecule has 0 aliphatic rings. The number of benzene rings is 2. The molecule has 0 aliphatic carbocycles. The molecule has 0 unspecified atom stereocenters. The molecule has 29 heavy (non-hydrogen) atoms. The standard InChI is InChI=1S/C19H15N5O5/c1-12-9-17(25)22-19(21-12)23-20-11-13-5-7-16(8-6-13)29-18(26)14-3-2-4-15(10-14)24(27)28/h2-11H,1H3,(H2,21,22,23,25). The second-order valence-electron chi connectivity index (χ2n) is 5.87. The second kappa shape index (κ2) is 8.57. The number of rotatable bonds is 6. The lowest BCUT2D eigenvalue weighted by Crippen LogP contribution is -2.10. The van der Waals surface area contributed by atoms with E-state index in [0.29, 0.717) is 11.3 Å². The maximum absolute atomic E-state index is 12.1. The Hall–Kier alpha value is -4.34. The van der Waals surface area contributed by atoms with Crippen LogP contribution in [0.25, 0.3) is 0 Å². The lowest BCUT2D eigenvalue weighted by atomic mass is 10.2. The first-order valence-electron chi connectivity index (χ1n) is 8.34. The Balaban J connectivity index is 1.62. The minimum absolute atomic E-state index is 0.0775. The Kier molecular flexibility index (Phi) is 5.74. The van der Waals surface area contributed by atoms with Crippen LogP contribution in [0.5, 0.6) is 5.75 Å². The smallest absolute Gasteiger partial charge is 0.343 e. The van der Waals surface area contributed by atoms with Gasteiger partial charge in [-0.25, -0.2) is 15.2 Å². The Morgan fingerprint density at radius 3 is 2.69 bits per heavy atom. The molecule has 0 saturated carbocycles. The number of nitro benzene ring substituents is 1. The number of non-ortho nitro benzene ring substituents is 1. The second-order valence-corrected chi connectivity index (χ2v) is 5.87. The minimum atomic E-state index is -0.703. The van der Waals surface area contributed by atoms with E-state index in [0.717, 1.165) is 6.07 Å². The predicted molar refractivity (Wildman–Crippen MR) is 105 cm³/mol. The molecule has 3 rings (SSSR count). The summed E-state index contributed by atoms with van der Waals surface area (Å²) in [4.78, 5) is 40.3. The highest BCUT2D eigenvalue weighted by atomic mass is 16.6. The number of aryl methyl sites for hydroxylation is 1. The highest BCUT2D eigenvalue weighted by molar-refractivity contribution is 5.91. The van der Waals surface area contributed by atoms with E-state index in [1.807, 2.05) is 0 Å². The number of ether oxygens (including phenoxy) is 1. The number of carbonyl (C=O) groups excluding carboxylic acids is 1. The SMILES string of the molecule is Cc1cc(=O)[nH]c(NN=Cc2ccc(OC(=O)c3cccc([N+](=O)[O-])c3)cc2)n1. The fourth-order valence-corrected chi connectivity index (χ4v) is 2.33. The molecule has 0 amide bonds. The van der Waals surface area contributed by atoms with E-state index in [4.69, 9.17) is 4.74 Å². The van der Waals surface area contributed by atoms with E-state index >= 15 is 0 Å². The topological polar surface area (TPSA) is 140 Å². The van der Waals surface area contributed by atoms with E-state index in [1.165, 1.54) is 30.5 Å². The quantitative estimate of drug-likeness (QED) is 0.216. The Morgan fingerprint density at radius 2 is 2.00 bits per heavy atom. The van der Waals surface area contributed by atoms with Crippen molar-refractivity contribution in [1.82, 2.24) is 9.97 Å². The highest BCUT2D eigenvalue weighted by Crippen LogP contribution is 2.17. The number of nitro groups is 1. The van der Waals surface area contributed by atoms with E-state index in [2.05, 4.69) is 20.5 Å². The normalized spacial score (nSPS) is 10.7. The van der Waals surface area contributed by atoms with Crippen LogP contribution >= 0.6 is 0 Å². The summed E-state index contributed by atoms with van der Waals surface area (Å²) in [5.74, 6) is -0.212. The molecular weight excluding hydrogens is 378 g/mol.